The largest absolute Gasteiger partial charge is 0.393 e. The van der Waals surface area contributed by atoms with E-state index in [9.17, 15) is 14.7 Å². The van der Waals surface area contributed by atoms with Gasteiger partial charge in [-0.3, -0.25) is 14.9 Å². The highest BCUT2D eigenvalue weighted by molar-refractivity contribution is 7.13. The van der Waals surface area contributed by atoms with Crippen LogP contribution >= 0.6 is 22.9 Å². The summed E-state index contributed by atoms with van der Waals surface area (Å²) in [4.78, 5) is 44.8. The number of imidazole rings is 1. The van der Waals surface area contributed by atoms with Crippen LogP contribution in [0.15, 0.2) is 48.4 Å². The molecule has 2 amide bonds. The molecule has 0 radical (unpaired) electrons. The predicted octanol–water partition coefficient (Wildman–Crippen LogP) is 4.30. The maximum absolute atomic E-state index is 14.0. The van der Waals surface area contributed by atoms with Crippen LogP contribution in [0.25, 0.3) is 11.1 Å². The zero-order valence-corrected chi connectivity index (χ0v) is 23.7. The minimum atomic E-state index is -0.920. The second-order valence-corrected chi connectivity index (χ2v) is 11.9. The van der Waals surface area contributed by atoms with Gasteiger partial charge in [0.2, 0.25) is 0 Å². The molecule has 6 heterocycles. The van der Waals surface area contributed by atoms with E-state index in [0.717, 1.165) is 68.0 Å². The number of pyridine rings is 1. The van der Waals surface area contributed by atoms with Crippen molar-refractivity contribution < 1.29 is 14.7 Å². The molecule has 0 aliphatic carbocycles. The average Bonchev–Trinajstić information content (AvgIpc) is 3.78. The van der Waals surface area contributed by atoms with Crippen molar-refractivity contribution in [2.24, 2.45) is 0 Å². The molecule has 12 heteroatoms. The average molecular weight is 590 g/mol. The molecule has 4 aromatic rings. The van der Waals surface area contributed by atoms with Crippen LogP contribution in [0.3, 0.4) is 0 Å². The first kappa shape index (κ1) is 26.1. The minimum absolute atomic E-state index is 0.202. The molecule has 210 valence electrons. The Hall–Kier alpha value is -3.80. The number of nitrogens with one attached hydrogen (secondary N) is 1. The van der Waals surface area contributed by atoms with Crippen LogP contribution in [0.2, 0.25) is 5.02 Å². The number of carbonyl (C=O) groups is 2. The Kier molecular flexibility index (Phi) is 6.72. The van der Waals surface area contributed by atoms with Crippen LogP contribution in [0, 0.1) is 0 Å². The summed E-state index contributed by atoms with van der Waals surface area (Å²) in [6.07, 6.45) is 8.15. The van der Waals surface area contributed by atoms with Gasteiger partial charge in [-0.2, -0.15) is 0 Å². The first-order valence-corrected chi connectivity index (χ1v) is 15.0. The Morgan fingerprint density at radius 3 is 2.73 bits per heavy atom. The van der Waals surface area contributed by atoms with Crippen molar-refractivity contribution in [1.29, 1.82) is 0 Å². The normalized spacial score (nSPS) is 17.6. The summed E-state index contributed by atoms with van der Waals surface area (Å²) in [6, 6.07) is 6.70. The number of carbonyl (C=O) groups excluding carboxylic acids is 2. The number of fused-ring (bicyclic) bond motifs is 2. The molecule has 3 aromatic heterocycles. The molecular formula is C29H28ClN7O3S. The summed E-state index contributed by atoms with van der Waals surface area (Å²) in [5.41, 5.74) is 4.37. The first-order valence-electron chi connectivity index (χ1n) is 13.7. The number of halogens is 1. The zero-order valence-electron chi connectivity index (χ0n) is 22.2. The van der Waals surface area contributed by atoms with E-state index in [0.29, 0.717) is 27.0 Å². The number of aromatic nitrogens is 4. The van der Waals surface area contributed by atoms with E-state index in [1.807, 2.05) is 24.3 Å². The van der Waals surface area contributed by atoms with Crippen LogP contribution in [0.4, 0.5) is 10.9 Å². The lowest BCUT2D eigenvalue weighted by atomic mass is 10.0. The Labute approximate surface area is 245 Å². The lowest BCUT2D eigenvalue weighted by molar-refractivity contribution is -0.121. The molecule has 0 saturated carbocycles. The highest BCUT2D eigenvalue weighted by Crippen LogP contribution is 2.39. The summed E-state index contributed by atoms with van der Waals surface area (Å²) >= 11 is 8.10. The van der Waals surface area contributed by atoms with Gasteiger partial charge < -0.3 is 19.5 Å². The zero-order chi connectivity index (χ0) is 28.1. The molecule has 3 aliphatic rings. The van der Waals surface area contributed by atoms with Gasteiger partial charge in [0.1, 0.15) is 5.82 Å². The molecule has 7 rings (SSSR count). The number of anilines is 2. The molecule has 1 atom stereocenters. The fourth-order valence-corrected chi connectivity index (χ4v) is 6.82. The van der Waals surface area contributed by atoms with E-state index in [2.05, 4.69) is 29.7 Å². The number of hydrogen-bond acceptors (Lipinski definition) is 8. The molecule has 41 heavy (non-hydrogen) atoms. The molecule has 2 N–H and O–H groups in total. The van der Waals surface area contributed by atoms with E-state index < -0.39 is 6.04 Å². The van der Waals surface area contributed by atoms with Gasteiger partial charge in [-0.25, -0.2) is 15.0 Å². The van der Waals surface area contributed by atoms with Crippen molar-refractivity contribution in [2.75, 3.05) is 23.3 Å². The predicted molar refractivity (Wildman–Crippen MR) is 156 cm³/mol. The fourth-order valence-electron chi connectivity index (χ4n) is 6.00. The molecular weight excluding hydrogens is 562 g/mol. The third-order valence-electron chi connectivity index (χ3n) is 8.16. The number of rotatable bonds is 6. The van der Waals surface area contributed by atoms with Crippen molar-refractivity contribution in [3.63, 3.8) is 0 Å². The third kappa shape index (κ3) is 4.77. The number of nitrogens with zero attached hydrogens (tertiary/aromatic N) is 6. The van der Waals surface area contributed by atoms with E-state index in [1.165, 1.54) is 11.3 Å². The van der Waals surface area contributed by atoms with Gasteiger partial charge >= 0.3 is 0 Å². The van der Waals surface area contributed by atoms with Crippen molar-refractivity contribution in [1.82, 2.24) is 24.4 Å². The molecule has 1 fully saturated rings. The molecule has 1 aromatic carbocycles. The van der Waals surface area contributed by atoms with Crippen molar-refractivity contribution in [3.8, 4) is 11.1 Å². The van der Waals surface area contributed by atoms with Crippen LogP contribution in [0.5, 0.6) is 0 Å². The monoisotopic (exact) mass is 589 g/mol. The SMILES string of the molecule is O=C(Nc1nccs1)C(c1ncn2c1CCC2)N1Cc2c(Cl)cc(-c3ccc(N4CCC(O)CC4)nc3)cc2C1=O. The highest BCUT2D eigenvalue weighted by Gasteiger charge is 2.41. The summed E-state index contributed by atoms with van der Waals surface area (Å²) in [6.45, 7) is 2.58. The van der Waals surface area contributed by atoms with Gasteiger partial charge in [-0.15, -0.1) is 11.3 Å². The molecule has 0 bridgehead atoms. The number of aliphatic hydroxyl groups is 1. The lowest BCUT2D eigenvalue weighted by Crippen LogP contribution is -2.38. The summed E-state index contributed by atoms with van der Waals surface area (Å²) in [7, 11) is 0. The fraction of sp³-hybridized carbons (Fsp3) is 0.345. The number of aliphatic hydroxyl groups excluding tert-OH is 1. The van der Waals surface area contributed by atoms with Crippen LogP contribution < -0.4 is 10.2 Å². The smallest absolute Gasteiger partial charge is 0.255 e. The van der Waals surface area contributed by atoms with Gasteiger partial charge in [-0.05, 0) is 55.5 Å². The van der Waals surface area contributed by atoms with Gasteiger partial charge in [0, 0.05) is 71.4 Å². The Balaban J connectivity index is 1.19. The third-order valence-corrected chi connectivity index (χ3v) is 9.18. The number of hydrogen-bond donors (Lipinski definition) is 2. The van der Waals surface area contributed by atoms with Gasteiger partial charge in [0.25, 0.3) is 11.8 Å². The second-order valence-electron chi connectivity index (χ2n) is 10.6. The number of thiazole rings is 1. The van der Waals surface area contributed by atoms with Gasteiger partial charge in [0.05, 0.1) is 18.1 Å². The van der Waals surface area contributed by atoms with E-state index in [4.69, 9.17) is 11.6 Å². The molecule has 3 aliphatic heterocycles. The van der Waals surface area contributed by atoms with Gasteiger partial charge in [-0.1, -0.05) is 11.6 Å². The van der Waals surface area contributed by atoms with E-state index in [1.54, 1.807) is 29.0 Å². The molecule has 1 saturated heterocycles. The lowest BCUT2D eigenvalue weighted by Gasteiger charge is -2.30. The second kappa shape index (κ2) is 10.6. The molecule has 1 unspecified atom stereocenters. The summed E-state index contributed by atoms with van der Waals surface area (Å²) in [5, 5.41) is 15.4. The van der Waals surface area contributed by atoms with Crippen LogP contribution in [0.1, 0.15) is 52.6 Å². The van der Waals surface area contributed by atoms with Crippen LogP contribution in [-0.2, 0) is 24.3 Å². The topological polar surface area (TPSA) is 116 Å². The number of aryl methyl sites for hydroxylation is 1. The highest BCUT2D eigenvalue weighted by atomic mass is 35.5. The summed E-state index contributed by atoms with van der Waals surface area (Å²) in [5.74, 6) is 0.243. The first-order chi connectivity index (χ1) is 20.0. The van der Waals surface area contributed by atoms with Crippen molar-refractivity contribution in [3.05, 3.63) is 75.9 Å². The number of benzene rings is 1. The van der Waals surface area contributed by atoms with Crippen LogP contribution in [-0.4, -0.2) is 60.5 Å². The van der Waals surface area contributed by atoms with E-state index in [-0.39, 0.29) is 24.5 Å². The minimum Gasteiger partial charge on any atom is -0.393 e. The van der Waals surface area contributed by atoms with E-state index >= 15 is 0 Å². The summed E-state index contributed by atoms with van der Waals surface area (Å²) < 4.78 is 2.06. The Bertz CT molecular complexity index is 1610. The maximum Gasteiger partial charge on any atom is 0.255 e. The molecule has 10 nitrogen and oxygen atoms in total. The quantitative estimate of drug-likeness (QED) is 0.344. The van der Waals surface area contributed by atoms with Gasteiger partial charge in [0.15, 0.2) is 11.2 Å². The standard InChI is InChI=1S/C29H28ClN7O3S/c30-22-13-18(17-3-4-24(32-14-17)35-9-5-19(38)6-10-35)12-20-21(22)15-37(28(20)40)26(27(39)34-29-31-7-11-41-29)25-23-2-1-8-36(23)16-33-25/h3-4,7,11-14,16,19,26,38H,1-2,5-6,8-10,15H2,(H,31,34,39). The van der Waals surface area contributed by atoms with Crippen molar-refractivity contribution >= 4 is 45.7 Å². The number of amides is 2. The van der Waals surface area contributed by atoms with Crippen molar-refractivity contribution in [2.45, 2.75) is 50.9 Å². The maximum atomic E-state index is 14.0. The Morgan fingerprint density at radius 2 is 1.98 bits per heavy atom. The molecule has 0 spiro atoms. The number of piperidine rings is 1. The Morgan fingerprint density at radius 1 is 1.12 bits per heavy atom.